The molecule has 1 aromatic carbocycles. The third-order valence-corrected chi connectivity index (χ3v) is 2.42. The number of hydrogen-bond acceptors (Lipinski definition) is 3. The largest absolute Gasteiger partial charge is 0.330 e. The first-order chi connectivity index (χ1) is 7.79. The summed E-state index contributed by atoms with van der Waals surface area (Å²) < 4.78 is 0. The molecule has 2 N–H and O–H groups in total. The monoisotopic (exact) mass is 249 g/mol. The van der Waals surface area contributed by atoms with Crippen LogP contribution in [0, 0.1) is 6.92 Å². The van der Waals surface area contributed by atoms with Crippen LogP contribution in [0.5, 0.6) is 0 Å². The summed E-state index contributed by atoms with van der Waals surface area (Å²) in [5.41, 5.74) is 8.81. The Hall–Kier alpha value is -1.45. The lowest BCUT2D eigenvalue weighted by Gasteiger charge is -2.03. The van der Waals surface area contributed by atoms with Crippen LogP contribution in [0.4, 0.5) is 0 Å². The van der Waals surface area contributed by atoms with Gasteiger partial charge in [0.15, 0.2) is 0 Å². The average Bonchev–Trinajstić information content (AvgIpc) is 2.31. The third kappa shape index (κ3) is 3.51. The molecule has 0 bridgehead atoms. The Labute approximate surface area is 108 Å². The summed E-state index contributed by atoms with van der Waals surface area (Å²) in [6.45, 7) is 2.65. The van der Waals surface area contributed by atoms with E-state index in [-0.39, 0.29) is 12.4 Å². The summed E-state index contributed by atoms with van der Waals surface area (Å²) in [6, 6.07) is 10.2. The molecular weight excluding hydrogens is 234 g/mol. The van der Waals surface area contributed by atoms with Crippen molar-refractivity contribution in [2.24, 2.45) is 5.73 Å². The smallest absolute Gasteiger partial charge is 0.130 e. The minimum Gasteiger partial charge on any atom is -0.330 e. The van der Waals surface area contributed by atoms with Crippen molar-refractivity contribution in [1.29, 1.82) is 0 Å². The Kier molecular flexibility index (Phi) is 5.07. The van der Waals surface area contributed by atoms with E-state index >= 15 is 0 Å². The van der Waals surface area contributed by atoms with Crippen molar-refractivity contribution in [3.8, 4) is 11.3 Å². The van der Waals surface area contributed by atoms with Gasteiger partial charge in [0.2, 0.25) is 0 Å². The molecule has 0 unspecified atom stereocenters. The zero-order chi connectivity index (χ0) is 11.4. The summed E-state index contributed by atoms with van der Waals surface area (Å²) in [6.07, 6.45) is 2.51. The number of aryl methyl sites for hydroxylation is 1. The van der Waals surface area contributed by atoms with Crippen LogP contribution in [0.15, 0.2) is 36.5 Å². The van der Waals surface area contributed by atoms with Crippen molar-refractivity contribution >= 4 is 12.4 Å². The van der Waals surface area contributed by atoms with Crippen molar-refractivity contribution < 1.29 is 0 Å². The molecule has 1 heterocycles. The van der Waals surface area contributed by atoms with Gasteiger partial charge in [0, 0.05) is 18.2 Å². The van der Waals surface area contributed by atoms with Crippen LogP contribution in [0.2, 0.25) is 0 Å². The van der Waals surface area contributed by atoms with Crippen molar-refractivity contribution in [3.63, 3.8) is 0 Å². The molecule has 4 heteroatoms. The number of aromatic nitrogens is 2. The molecule has 2 rings (SSSR count). The van der Waals surface area contributed by atoms with E-state index in [1.165, 1.54) is 5.56 Å². The molecule has 0 spiro atoms. The van der Waals surface area contributed by atoms with E-state index in [2.05, 4.69) is 41.2 Å². The molecule has 0 saturated carbocycles. The van der Waals surface area contributed by atoms with Crippen LogP contribution < -0.4 is 5.73 Å². The highest BCUT2D eigenvalue weighted by Crippen LogP contribution is 2.16. The standard InChI is InChI=1S/C13H15N3.ClH/c1-10-2-4-11(5-3-10)12-7-9-15-13(16-12)6-8-14;/h2-5,7,9H,6,8,14H2,1H3;1H. The molecule has 0 fully saturated rings. The molecule has 0 aliphatic heterocycles. The van der Waals surface area contributed by atoms with E-state index in [0.29, 0.717) is 6.54 Å². The molecule has 2 aromatic rings. The molecule has 17 heavy (non-hydrogen) atoms. The van der Waals surface area contributed by atoms with Gasteiger partial charge in [-0.15, -0.1) is 12.4 Å². The number of nitrogens with two attached hydrogens (primary N) is 1. The van der Waals surface area contributed by atoms with E-state index in [9.17, 15) is 0 Å². The van der Waals surface area contributed by atoms with Crippen LogP contribution in [0.1, 0.15) is 11.4 Å². The molecule has 3 nitrogen and oxygen atoms in total. The van der Waals surface area contributed by atoms with Crippen molar-refractivity contribution in [1.82, 2.24) is 9.97 Å². The van der Waals surface area contributed by atoms with E-state index < -0.39 is 0 Å². The SMILES string of the molecule is Cc1ccc(-c2ccnc(CCN)n2)cc1.Cl. The number of rotatable bonds is 3. The number of hydrogen-bond donors (Lipinski definition) is 1. The topological polar surface area (TPSA) is 51.8 Å². The molecule has 1 aromatic heterocycles. The molecule has 0 atom stereocenters. The maximum Gasteiger partial charge on any atom is 0.130 e. The fourth-order valence-electron chi connectivity index (χ4n) is 1.53. The van der Waals surface area contributed by atoms with Gasteiger partial charge in [-0.05, 0) is 19.5 Å². The highest BCUT2D eigenvalue weighted by Gasteiger charge is 2.01. The van der Waals surface area contributed by atoms with E-state index in [1.807, 2.05) is 6.07 Å². The van der Waals surface area contributed by atoms with Crippen LogP contribution in [0.25, 0.3) is 11.3 Å². The van der Waals surface area contributed by atoms with Gasteiger partial charge < -0.3 is 5.73 Å². The fraction of sp³-hybridized carbons (Fsp3) is 0.231. The van der Waals surface area contributed by atoms with Crippen molar-refractivity contribution in [3.05, 3.63) is 47.9 Å². The number of benzene rings is 1. The van der Waals surface area contributed by atoms with Gasteiger partial charge in [0.25, 0.3) is 0 Å². The highest BCUT2D eigenvalue weighted by molar-refractivity contribution is 5.85. The Morgan fingerprint density at radius 3 is 2.47 bits per heavy atom. The first kappa shape index (κ1) is 13.6. The Bertz CT molecular complexity index is 468. The first-order valence-electron chi connectivity index (χ1n) is 5.38. The minimum absolute atomic E-state index is 0. The number of halogens is 1. The second-order valence-corrected chi connectivity index (χ2v) is 3.76. The van der Waals surface area contributed by atoms with E-state index in [0.717, 1.165) is 23.5 Å². The number of nitrogens with zero attached hydrogens (tertiary/aromatic N) is 2. The average molecular weight is 250 g/mol. The Morgan fingerprint density at radius 2 is 1.82 bits per heavy atom. The lowest BCUT2D eigenvalue weighted by atomic mass is 10.1. The summed E-state index contributed by atoms with van der Waals surface area (Å²) in [7, 11) is 0. The van der Waals surface area contributed by atoms with Crippen LogP contribution in [-0.4, -0.2) is 16.5 Å². The molecular formula is C13H16ClN3. The lowest BCUT2D eigenvalue weighted by molar-refractivity contribution is 0.869. The Balaban J connectivity index is 0.00000144. The predicted octanol–water partition coefficient (Wildman–Crippen LogP) is 2.38. The van der Waals surface area contributed by atoms with E-state index in [4.69, 9.17) is 5.73 Å². The Morgan fingerprint density at radius 1 is 1.12 bits per heavy atom. The molecule has 90 valence electrons. The van der Waals surface area contributed by atoms with Gasteiger partial charge in [-0.3, -0.25) is 0 Å². The molecule has 0 radical (unpaired) electrons. The van der Waals surface area contributed by atoms with E-state index in [1.54, 1.807) is 6.20 Å². The first-order valence-corrected chi connectivity index (χ1v) is 5.38. The van der Waals surface area contributed by atoms with Gasteiger partial charge in [-0.2, -0.15) is 0 Å². The molecule has 0 amide bonds. The van der Waals surface area contributed by atoms with Gasteiger partial charge in [-0.1, -0.05) is 29.8 Å². The quantitative estimate of drug-likeness (QED) is 0.909. The summed E-state index contributed by atoms with van der Waals surface area (Å²) >= 11 is 0. The summed E-state index contributed by atoms with van der Waals surface area (Å²) in [4.78, 5) is 8.65. The van der Waals surface area contributed by atoms with Gasteiger partial charge in [-0.25, -0.2) is 9.97 Å². The maximum absolute atomic E-state index is 5.49. The summed E-state index contributed by atoms with van der Waals surface area (Å²) in [5, 5.41) is 0. The van der Waals surface area contributed by atoms with Crippen LogP contribution >= 0.6 is 12.4 Å². The van der Waals surface area contributed by atoms with Crippen LogP contribution in [-0.2, 0) is 6.42 Å². The van der Waals surface area contributed by atoms with Crippen molar-refractivity contribution in [2.75, 3.05) is 6.54 Å². The zero-order valence-corrected chi connectivity index (χ0v) is 10.6. The molecule has 0 saturated heterocycles. The highest BCUT2D eigenvalue weighted by atomic mass is 35.5. The maximum atomic E-state index is 5.49. The summed E-state index contributed by atoms with van der Waals surface area (Å²) in [5.74, 6) is 0.806. The van der Waals surface area contributed by atoms with Gasteiger partial charge in [0.1, 0.15) is 5.82 Å². The zero-order valence-electron chi connectivity index (χ0n) is 9.76. The minimum atomic E-state index is 0. The van der Waals surface area contributed by atoms with Gasteiger partial charge in [0.05, 0.1) is 5.69 Å². The second kappa shape index (κ2) is 6.33. The normalized spacial score (nSPS) is 9.76. The van der Waals surface area contributed by atoms with Gasteiger partial charge >= 0.3 is 0 Å². The second-order valence-electron chi connectivity index (χ2n) is 3.76. The van der Waals surface area contributed by atoms with Crippen molar-refractivity contribution in [2.45, 2.75) is 13.3 Å². The van der Waals surface area contributed by atoms with Crippen LogP contribution in [0.3, 0.4) is 0 Å². The predicted molar refractivity (Wildman–Crippen MR) is 72.2 cm³/mol. The lowest BCUT2D eigenvalue weighted by Crippen LogP contribution is -2.06. The third-order valence-electron chi connectivity index (χ3n) is 2.42. The fourth-order valence-corrected chi connectivity index (χ4v) is 1.53. The molecule has 0 aliphatic rings. The molecule has 0 aliphatic carbocycles.